The minimum atomic E-state index is -0.692. The Morgan fingerprint density at radius 2 is 1.96 bits per heavy atom. The van der Waals surface area contributed by atoms with Gasteiger partial charge in [0.05, 0.1) is 16.2 Å². The lowest BCUT2D eigenvalue weighted by Crippen LogP contribution is -2.19. The molecule has 1 N–H and O–H groups in total. The van der Waals surface area contributed by atoms with E-state index < -0.39 is 16.6 Å². The van der Waals surface area contributed by atoms with Crippen LogP contribution in [0.5, 0.6) is 0 Å². The highest BCUT2D eigenvalue weighted by atomic mass is 35.5. The van der Waals surface area contributed by atoms with E-state index in [1.165, 1.54) is 24.3 Å². The SMILES string of the molecule is CN(C)c1ccc([N+](=O)[O-])cc1C(=O)Nc1ccc(Cl)cc1F. The maximum atomic E-state index is 13.8. The standard InChI is InChI=1S/C15H13ClFN3O3/c1-19(2)14-6-4-10(20(22)23)8-11(14)15(21)18-13-5-3-9(16)7-12(13)17/h3-8H,1-2H3,(H,18,21). The zero-order chi connectivity index (χ0) is 17.1. The molecule has 120 valence electrons. The quantitative estimate of drug-likeness (QED) is 0.681. The summed E-state index contributed by atoms with van der Waals surface area (Å²) in [4.78, 5) is 24.3. The minimum Gasteiger partial charge on any atom is -0.377 e. The van der Waals surface area contributed by atoms with Crippen LogP contribution in [0.25, 0.3) is 0 Å². The van der Waals surface area contributed by atoms with Gasteiger partial charge in [0.2, 0.25) is 0 Å². The molecule has 6 nitrogen and oxygen atoms in total. The number of anilines is 2. The van der Waals surface area contributed by atoms with E-state index in [-0.39, 0.29) is 22.0 Å². The molecule has 2 aromatic rings. The van der Waals surface area contributed by atoms with Crippen LogP contribution in [0.2, 0.25) is 5.02 Å². The molecule has 0 aliphatic carbocycles. The number of nitrogens with one attached hydrogen (secondary N) is 1. The first-order valence-electron chi connectivity index (χ1n) is 6.51. The van der Waals surface area contributed by atoms with E-state index in [0.717, 1.165) is 12.1 Å². The number of nitro groups is 1. The Balaban J connectivity index is 2.40. The summed E-state index contributed by atoms with van der Waals surface area (Å²) in [7, 11) is 3.39. The molecule has 0 bridgehead atoms. The monoisotopic (exact) mass is 337 g/mol. The average Bonchev–Trinajstić information content (AvgIpc) is 2.49. The lowest BCUT2D eigenvalue weighted by molar-refractivity contribution is -0.384. The van der Waals surface area contributed by atoms with Crippen LogP contribution >= 0.6 is 11.6 Å². The largest absolute Gasteiger partial charge is 0.377 e. The molecule has 23 heavy (non-hydrogen) atoms. The zero-order valence-electron chi connectivity index (χ0n) is 12.3. The molecule has 8 heteroatoms. The molecule has 2 aromatic carbocycles. The summed E-state index contributed by atoms with van der Waals surface area (Å²) >= 11 is 5.66. The van der Waals surface area contributed by atoms with E-state index in [2.05, 4.69) is 5.32 Å². The molecule has 0 aliphatic rings. The lowest BCUT2D eigenvalue weighted by atomic mass is 10.1. The minimum absolute atomic E-state index is 0.0596. The van der Waals surface area contributed by atoms with E-state index in [1.54, 1.807) is 19.0 Å². The van der Waals surface area contributed by atoms with Crippen LogP contribution < -0.4 is 10.2 Å². The topological polar surface area (TPSA) is 75.5 Å². The number of benzene rings is 2. The molecule has 0 unspecified atom stereocenters. The molecule has 0 radical (unpaired) electrons. The second kappa shape index (κ2) is 6.62. The highest BCUT2D eigenvalue weighted by Gasteiger charge is 2.19. The third kappa shape index (κ3) is 3.75. The molecule has 0 saturated carbocycles. The Morgan fingerprint density at radius 1 is 1.26 bits per heavy atom. The predicted octanol–water partition coefficient (Wildman–Crippen LogP) is 3.71. The third-order valence-corrected chi connectivity index (χ3v) is 3.33. The van der Waals surface area contributed by atoms with Gasteiger partial charge in [0.1, 0.15) is 5.82 Å². The Hall–Kier alpha value is -2.67. The van der Waals surface area contributed by atoms with Gasteiger partial charge in [-0.3, -0.25) is 14.9 Å². The van der Waals surface area contributed by atoms with E-state index in [1.807, 2.05) is 0 Å². The van der Waals surface area contributed by atoms with E-state index in [4.69, 9.17) is 11.6 Å². The smallest absolute Gasteiger partial charge is 0.270 e. The fraction of sp³-hybridized carbons (Fsp3) is 0.133. The Kier molecular flexibility index (Phi) is 4.80. The summed E-state index contributed by atoms with van der Waals surface area (Å²) in [6.07, 6.45) is 0. The number of rotatable bonds is 4. The molecule has 0 saturated heterocycles. The van der Waals surface area contributed by atoms with Crippen LogP contribution in [0.15, 0.2) is 36.4 Å². The second-order valence-electron chi connectivity index (χ2n) is 4.93. The summed E-state index contributed by atoms with van der Waals surface area (Å²) in [5.74, 6) is -1.35. The number of carbonyl (C=O) groups excluding carboxylic acids is 1. The van der Waals surface area contributed by atoms with Gasteiger partial charge in [0.25, 0.3) is 11.6 Å². The maximum Gasteiger partial charge on any atom is 0.270 e. The molecule has 0 aromatic heterocycles. The van der Waals surface area contributed by atoms with Crippen molar-refractivity contribution in [2.24, 2.45) is 0 Å². The summed E-state index contributed by atoms with van der Waals surface area (Å²) < 4.78 is 13.8. The van der Waals surface area contributed by atoms with Gasteiger partial charge in [-0.05, 0) is 24.3 Å². The van der Waals surface area contributed by atoms with Crippen molar-refractivity contribution in [1.82, 2.24) is 0 Å². The van der Waals surface area contributed by atoms with Crippen molar-refractivity contribution in [2.75, 3.05) is 24.3 Å². The molecule has 0 atom stereocenters. The van der Waals surface area contributed by atoms with E-state index in [9.17, 15) is 19.3 Å². The van der Waals surface area contributed by atoms with Crippen LogP contribution in [0, 0.1) is 15.9 Å². The van der Waals surface area contributed by atoms with Crippen molar-refractivity contribution >= 4 is 34.6 Å². The Labute approximate surface area is 136 Å². The van der Waals surface area contributed by atoms with E-state index >= 15 is 0 Å². The normalized spacial score (nSPS) is 10.3. The van der Waals surface area contributed by atoms with Gasteiger partial charge in [0, 0.05) is 36.9 Å². The van der Waals surface area contributed by atoms with Gasteiger partial charge in [-0.25, -0.2) is 4.39 Å². The van der Waals surface area contributed by atoms with Crippen LogP contribution in [0.3, 0.4) is 0 Å². The first kappa shape index (κ1) is 16.7. The lowest BCUT2D eigenvalue weighted by Gasteiger charge is -2.17. The number of hydrogen-bond donors (Lipinski definition) is 1. The number of halogens is 2. The number of nitrogens with zero attached hydrogens (tertiary/aromatic N) is 2. The van der Waals surface area contributed by atoms with Gasteiger partial charge in [-0.2, -0.15) is 0 Å². The van der Waals surface area contributed by atoms with Crippen molar-refractivity contribution in [2.45, 2.75) is 0 Å². The van der Waals surface area contributed by atoms with Crippen LogP contribution in [-0.2, 0) is 0 Å². The fourth-order valence-corrected chi connectivity index (χ4v) is 2.15. The number of nitro benzene ring substituents is 1. The van der Waals surface area contributed by atoms with Gasteiger partial charge in [-0.15, -0.1) is 0 Å². The number of carbonyl (C=O) groups is 1. The van der Waals surface area contributed by atoms with Crippen LogP contribution in [0.1, 0.15) is 10.4 Å². The predicted molar refractivity (Wildman–Crippen MR) is 86.8 cm³/mol. The molecule has 0 fully saturated rings. The molecule has 0 aliphatic heterocycles. The molecule has 0 spiro atoms. The van der Waals surface area contributed by atoms with Crippen molar-refractivity contribution in [3.63, 3.8) is 0 Å². The number of non-ortho nitro benzene ring substituents is 1. The van der Waals surface area contributed by atoms with Gasteiger partial charge in [-0.1, -0.05) is 11.6 Å². The van der Waals surface area contributed by atoms with Gasteiger partial charge >= 0.3 is 0 Å². The summed E-state index contributed by atoms with van der Waals surface area (Å²) in [6, 6.07) is 7.74. The highest BCUT2D eigenvalue weighted by molar-refractivity contribution is 6.30. The van der Waals surface area contributed by atoms with Crippen molar-refractivity contribution in [1.29, 1.82) is 0 Å². The maximum absolute atomic E-state index is 13.8. The second-order valence-corrected chi connectivity index (χ2v) is 5.37. The Morgan fingerprint density at radius 3 is 2.52 bits per heavy atom. The van der Waals surface area contributed by atoms with Crippen LogP contribution in [0.4, 0.5) is 21.5 Å². The summed E-state index contributed by atoms with van der Waals surface area (Å²) in [6.45, 7) is 0. The summed E-state index contributed by atoms with van der Waals surface area (Å²) in [5, 5.41) is 13.5. The fourth-order valence-electron chi connectivity index (χ4n) is 1.99. The van der Waals surface area contributed by atoms with Gasteiger partial charge < -0.3 is 10.2 Å². The molecule has 0 heterocycles. The molecular formula is C15H13ClFN3O3. The molecule has 1 amide bonds. The average molecular weight is 338 g/mol. The van der Waals surface area contributed by atoms with Crippen molar-refractivity contribution in [3.8, 4) is 0 Å². The molecular weight excluding hydrogens is 325 g/mol. The zero-order valence-corrected chi connectivity index (χ0v) is 13.1. The number of amides is 1. The van der Waals surface area contributed by atoms with Gasteiger partial charge in [0.15, 0.2) is 0 Å². The van der Waals surface area contributed by atoms with Crippen molar-refractivity contribution < 1.29 is 14.1 Å². The summed E-state index contributed by atoms with van der Waals surface area (Å²) in [5.41, 5.74) is 0.258. The van der Waals surface area contributed by atoms with E-state index in [0.29, 0.717) is 5.69 Å². The molecule has 2 rings (SSSR count). The highest BCUT2D eigenvalue weighted by Crippen LogP contribution is 2.26. The third-order valence-electron chi connectivity index (χ3n) is 3.10. The first-order valence-corrected chi connectivity index (χ1v) is 6.89. The Bertz CT molecular complexity index is 781. The van der Waals surface area contributed by atoms with Crippen LogP contribution in [-0.4, -0.2) is 24.9 Å². The number of hydrogen-bond acceptors (Lipinski definition) is 4. The first-order chi connectivity index (χ1) is 10.8. The van der Waals surface area contributed by atoms with Crippen molar-refractivity contribution in [3.05, 3.63) is 62.9 Å².